The summed E-state index contributed by atoms with van der Waals surface area (Å²) in [5.74, 6) is 0.324. The largest absolute Gasteiger partial charge is 0.416 e. The Morgan fingerprint density at radius 2 is 1.67 bits per heavy atom. The molecular formula is C20H20N2O2. The lowest BCUT2D eigenvalue weighted by molar-refractivity contribution is 0.155. The predicted molar refractivity (Wildman–Crippen MR) is 96.1 cm³/mol. The molecule has 24 heavy (non-hydrogen) atoms. The van der Waals surface area contributed by atoms with Gasteiger partial charge in [-0.25, -0.2) is 9.78 Å². The molecular weight excluding hydrogens is 300 g/mol. The monoisotopic (exact) mass is 320 g/mol. The highest BCUT2D eigenvalue weighted by molar-refractivity contribution is 5.95. The summed E-state index contributed by atoms with van der Waals surface area (Å²) in [6.07, 6.45) is -0.373. The van der Waals surface area contributed by atoms with Crippen LogP contribution in [0.3, 0.4) is 0 Å². The first-order valence-electron chi connectivity index (χ1n) is 8.15. The lowest BCUT2D eigenvalue weighted by Crippen LogP contribution is -2.33. The Bertz CT molecular complexity index is 843. The number of fused-ring (bicyclic) bond motifs is 1. The molecule has 4 nitrogen and oxygen atoms in total. The van der Waals surface area contributed by atoms with Gasteiger partial charge in [0, 0.05) is 24.5 Å². The molecule has 1 aromatic heterocycles. The fourth-order valence-corrected chi connectivity index (χ4v) is 2.70. The van der Waals surface area contributed by atoms with E-state index in [1.54, 1.807) is 4.90 Å². The summed E-state index contributed by atoms with van der Waals surface area (Å²) < 4.78 is 5.50. The molecule has 0 fully saturated rings. The standard InChI is InChI=1S/C20H20N2O2/c1-3-22(4-2)20(23)24-19-14-17(15-10-6-5-7-11-15)16-12-8-9-13-18(16)21-19/h5-14H,3-4H2,1-2H3. The summed E-state index contributed by atoms with van der Waals surface area (Å²) in [4.78, 5) is 18.3. The lowest BCUT2D eigenvalue weighted by Gasteiger charge is -2.18. The molecule has 0 N–H and O–H groups in total. The average molecular weight is 320 g/mol. The van der Waals surface area contributed by atoms with Gasteiger partial charge in [0.05, 0.1) is 5.52 Å². The highest BCUT2D eigenvalue weighted by atomic mass is 16.6. The number of pyridine rings is 1. The van der Waals surface area contributed by atoms with E-state index in [2.05, 4.69) is 4.98 Å². The highest BCUT2D eigenvalue weighted by Gasteiger charge is 2.15. The molecule has 0 spiro atoms. The predicted octanol–water partition coefficient (Wildman–Crippen LogP) is 4.74. The highest BCUT2D eigenvalue weighted by Crippen LogP contribution is 2.30. The van der Waals surface area contributed by atoms with Gasteiger partial charge in [-0.15, -0.1) is 0 Å². The van der Waals surface area contributed by atoms with E-state index >= 15 is 0 Å². The molecule has 0 aliphatic heterocycles. The zero-order chi connectivity index (χ0) is 16.9. The molecule has 0 atom stereocenters. The van der Waals surface area contributed by atoms with Crippen LogP contribution in [0.5, 0.6) is 5.88 Å². The molecule has 0 saturated carbocycles. The number of benzene rings is 2. The van der Waals surface area contributed by atoms with E-state index in [4.69, 9.17) is 4.74 Å². The molecule has 3 rings (SSSR count). The van der Waals surface area contributed by atoms with E-state index in [9.17, 15) is 4.79 Å². The van der Waals surface area contributed by atoms with Crippen LogP contribution in [0.2, 0.25) is 0 Å². The molecule has 122 valence electrons. The van der Waals surface area contributed by atoms with Crippen LogP contribution in [0, 0.1) is 0 Å². The first kappa shape index (κ1) is 16.0. The van der Waals surface area contributed by atoms with Crippen LogP contribution in [-0.4, -0.2) is 29.1 Å². The van der Waals surface area contributed by atoms with Gasteiger partial charge in [0.2, 0.25) is 5.88 Å². The third kappa shape index (κ3) is 3.23. The minimum atomic E-state index is -0.373. The van der Waals surface area contributed by atoms with Gasteiger partial charge in [-0.3, -0.25) is 0 Å². The van der Waals surface area contributed by atoms with E-state index in [0.29, 0.717) is 19.0 Å². The number of hydrogen-bond donors (Lipinski definition) is 0. The molecule has 2 aromatic carbocycles. The second-order valence-corrected chi connectivity index (χ2v) is 5.43. The van der Waals surface area contributed by atoms with Crippen molar-refractivity contribution in [2.45, 2.75) is 13.8 Å². The van der Waals surface area contributed by atoms with Crippen molar-refractivity contribution in [3.8, 4) is 17.0 Å². The molecule has 0 bridgehead atoms. The summed E-state index contributed by atoms with van der Waals surface area (Å²) in [5, 5.41) is 1.03. The van der Waals surface area contributed by atoms with Gasteiger partial charge in [-0.2, -0.15) is 0 Å². The number of ether oxygens (including phenoxy) is 1. The van der Waals surface area contributed by atoms with Crippen molar-refractivity contribution in [3.63, 3.8) is 0 Å². The maximum atomic E-state index is 12.2. The Kier molecular flexibility index (Phi) is 4.75. The fourth-order valence-electron chi connectivity index (χ4n) is 2.70. The third-order valence-electron chi connectivity index (χ3n) is 3.99. The molecule has 1 heterocycles. The number of para-hydroxylation sites is 1. The van der Waals surface area contributed by atoms with Crippen molar-refractivity contribution >= 4 is 17.0 Å². The topological polar surface area (TPSA) is 42.4 Å². The molecule has 0 aliphatic rings. The number of carbonyl (C=O) groups is 1. The van der Waals surface area contributed by atoms with E-state index in [1.807, 2.05) is 74.5 Å². The zero-order valence-electron chi connectivity index (χ0n) is 13.9. The van der Waals surface area contributed by atoms with Gasteiger partial charge in [0.1, 0.15) is 0 Å². The minimum absolute atomic E-state index is 0.324. The van der Waals surface area contributed by atoms with Crippen molar-refractivity contribution in [2.75, 3.05) is 13.1 Å². The second kappa shape index (κ2) is 7.13. The Morgan fingerprint density at radius 1 is 1.00 bits per heavy atom. The molecule has 0 unspecified atom stereocenters. The van der Waals surface area contributed by atoms with E-state index < -0.39 is 0 Å². The van der Waals surface area contributed by atoms with Crippen molar-refractivity contribution in [2.24, 2.45) is 0 Å². The number of aromatic nitrogens is 1. The number of hydrogen-bond acceptors (Lipinski definition) is 3. The summed E-state index contributed by atoms with van der Waals surface area (Å²) in [6, 6.07) is 19.7. The van der Waals surface area contributed by atoms with Gasteiger partial charge in [-0.1, -0.05) is 48.5 Å². The van der Waals surface area contributed by atoms with Gasteiger partial charge < -0.3 is 9.64 Å². The number of amides is 1. The summed E-state index contributed by atoms with van der Waals surface area (Å²) in [7, 11) is 0. The van der Waals surface area contributed by atoms with Crippen LogP contribution in [0.15, 0.2) is 60.7 Å². The minimum Gasteiger partial charge on any atom is -0.391 e. The molecule has 0 radical (unpaired) electrons. The second-order valence-electron chi connectivity index (χ2n) is 5.43. The summed E-state index contributed by atoms with van der Waals surface area (Å²) in [5.41, 5.74) is 2.88. The maximum absolute atomic E-state index is 12.2. The summed E-state index contributed by atoms with van der Waals surface area (Å²) in [6.45, 7) is 5.06. The SMILES string of the molecule is CCN(CC)C(=O)Oc1cc(-c2ccccc2)c2ccccc2n1. The quantitative estimate of drug-likeness (QED) is 0.697. The zero-order valence-corrected chi connectivity index (χ0v) is 13.9. The number of rotatable bonds is 4. The first-order valence-corrected chi connectivity index (χ1v) is 8.15. The van der Waals surface area contributed by atoms with Gasteiger partial charge in [-0.05, 0) is 31.0 Å². The van der Waals surface area contributed by atoms with Crippen molar-refractivity contribution in [1.29, 1.82) is 0 Å². The van der Waals surface area contributed by atoms with Gasteiger partial charge in [0.25, 0.3) is 0 Å². The molecule has 1 amide bonds. The van der Waals surface area contributed by atoms with Gasteiger partial charge in [0.15, 0.2) is 0 Å². The third-order valence-corrected chi connectivity index (χ3v) is 3.99. The lowest BCUT2D eigenvalue weighted by atomic mass is 10.0. The Morgan fingerprint density at radius 3 is 2.38 bits per heavy atom. The Hall–Kier alpha value is -2.88. The van der Waals surface area contributed by atoms with Gasteiger partial charge >= 0.3 is 6.09 Å². The number of nitrogens with zero attached hydrogens (tertiary/aromatic N) is 2. The fraction of sp³-hybridized carbons (Fsp3) is 0.200. The average Bonchev–Trinajstić information content (AvgIpc) is 2.63. The van der Waals surface area contributed by atoms with E-state index in [0.717, 1.165) is 22.0 Å². The molecule has 0 saturated heterocycles. The molecule has 4 heteroatoms. The van der Waals surface area contributed by atoms with Crippen LogP contribution in [0.4, 0.5) is 4.79 Å². The van der Waals surface area contributed by atoms with Crippen molar-refractivity contribution in [1.82, 2.24) is 9.88 Å². The Balaban J connectivity index is 2.06. The van der Waals surface area contributed by atoms with Crippen LogP contribution < -0.4 is 4.74 Å². The Labute approximate surface area is 141 Å². The van der Waals surface area contributed by atoms with E-state index in [1.165, 1.54) is 0 Å². The van der Waals surface area contributed by atoms with Crippen LogP contribution in [0.25, 0.3) is 22.0 Å². The van der Waals surface area contributed by atoms with Crippen molar-refractivity contribution < 1.29 is 9.53 Å². The van der Waals surface area contributed by atoms with Crippen LogP contribution in [-0.2, 0) is 0 Å². The first-order chi connectivity index (χ1) is 11.7. The molecule has 3 aromatic rings. The summed E-state index contributed by atoms with van der Waals surface area (Å²) >= 11 is 0. The van der Waals surface area contributed by atoms with E-state index in [-0.39, 0.29) is 6.09 Å². The van der Waals surface area contributed by atoms with Crippen molar-refractivity contribution in [3.05, 3.63) is 60.7 Å². The number of carbonyl (C=O) groups excluding carboxylic acids is 1. The normalized spacial score (nSPS) is 10.6. The maximum Gasteiger partial charge on any atom is 0.416 e. The molecule has 0 aliphatic carbocycles. The smallest absolute Gasteiger partial charge is 0.391 e. The van der Waals surface area contributed by atoms with Crippen LogP contribution >= 0.6 is 0 Å². The van der Waals surface area contributed by atoms with Crippen LogP contribution in [0.1, 0.15) is 13.8 Å².